The summed E-state index contributed by atoms with van der Waals surface area (Å²) in [4.78, 5) is 12.5. The molecule has 2 rings (SSSR count). The van der Waals surface area contributed by atoms with Crippen molar-refractivity contribution in [3.05, 3.63) is 18.2 Å². The molecule has 0 atom stereocenters. The largest absolute Gasteiger partial charge is 0.492 e. The third kappa shape index (κ3) is 4.33. The average molecular weight is 368 g/mol. The van der Waals surface area contributed by atoms with Crippen molar-refractivity contribution in [2.45, 2.75) is 51.9 Å². The monoisotopic (exact) mass is 368 g/mol. The van der Waals surface area contributed by atoms with Gasteiger partial charge in [-0.05, 0) is 44.4 Å². The quantitative estimate of drug-likeness (QED) is 0.802. The number of sulfonamides is 1. The molecule has 7 heteroatoms. The van der Waals surface area contributed by atoms with Crippen LogP contribution in [0.5, 0.6) is 5.75 Å². The topological polar surface area (TPSA) is 75.7 Å². The van der Waals surface area contributed by atoms with Crippen LogP contribution < -0.4 is 10.1 Å². The summed E-state index contributed by atoms with van der Waals surface area (Å²) in [7, 11) is -3.63. The standard InChI is InChI=1S/C18H28N2O4S/c1-5-18(3,4)17(21)19-14-9-10-15(24-6-2)16(13-14)25(22,23)20-11-7-8-12-20/h9-10,13H,5-8,11-12H2,1-4H3,(H,19,21). The third-order valence-electron chi connectivity index (χ3n) is 4.68. The molecule has 140 valence electrons. The average Bonchev–Trinajstić information content (AvgIpc) is 3.11. The summed E-state index contributed by atoms with van der Waals surface area (Å²) in [6.45, 7) is 8.89. The Bertz CT molecular complexity index is 723. The van der Waals surface area contributed by atoms with E-state index in [9.17, 15) is 13.2 Å². The van der Waals surface area contributed by atoms with E-state index in [-0.39, 0.29) is 10.8 Å². The van der Waals surface area contributed by atoms with Crippen LogP contribution in [0.1, 0.15) is 47.0 Å². The van der Waals surface area contributed by atoms with Gasteiger partial charge in [-0.15, -0.1) is 0 Å². The minimum Gasteiger partial charge on any atom is -0.492 e. The molecule has 1 N–H and O–H groups in total. The summed E-state index contributed by atoms with van der Waals surface area (Å²) in [5, 5.41) is 2.83. The zero-order valence-electron chi connectivity index (χ0n) is 15.5. The van der Waals surface area contributed by atoms with E-state index >= 15 is 0 Å². The highest BCUT2D eigenvalue weighted by Crippen LogP contribution is 2.32. The summed E-state index contributed by atoms with van der Waals surface area (Å²) in [6.07, 6.45) is 2.42. The first-order chi connectivity index (χ1) is 11.7. The van der Waals surface area contributed by atoms with Crippen LogP contribution in [-0.2, 0) is 14.8 Å². The van der Waals surface area contributed by atoms with Crippen LogP contribution in [0.15, 0.2) is 23.1 Å². The van der Waals surface area contributed by atoms with E-state index in [2.05, 4.69) is 5.32 Å². The van der Waals surface area contributed by atoms with Gasteiger partial charge >= 0.3 is 0 Å². The molecule has 0 unspecified atom stereocenters. The van der Waals surface area contributed by atoms with Crippen molar-refractivity contribution >= 4 is 21.6 Å². The minimum absolute atomic E-state index is 0.114. The van der Waals surface area contributed by atoms with E-state index in [1.54, 1.807) is 12.1 Å². The Morgan fingerprint density at radius 1 is 1.24 bits per heavy atom. The van der Waals surface area contributed by atoms with Crippen molar-refractivity contribution in [1.29, 1.82) is 0 Å². The van der Waals surface area contributed by atoms with Crippen molar-refractivity contribution < 1.29 is 17.9 Å². The molecule has 1 aliphatic rings. The van der Waals surface area contributed by atoms with Crippen LogP contribution >= 0.6 is 0 Å². The van der Waals surface area contributed by atoms with E-state index < -0.39 is 15.4 Å². The van der Waals surface area contributed by atoms with Crippen molar-refractivity contribution in [2.24, 2.45) is 5.41 Å². The molecule has 0 saturated carbocycles. The van der Waals surface area contributed by atoms with E-state index in [1.165, 1.54) is 10.4 Å². The number of anilines is 1. The summed E-state index contributed by atoms with van der Waals surface area (Å²) in [5.74, 6) is 0.186. The highest BCUT2D eigenvalue weighted by Gasteiger charge is 2.31. The second-order valence-electron chi connectivity index (χ2n) is 6.90. The molecule has 25 heavy (non-hydrogen) atoms. The van der Waals surface area contributed by atoms with Gasteiger partial charge in [0.05, 0.1) is 6.61 Å². The SMILES string of the molecule is CCOc1ccc(NC(=O)C(C)(C)CC)cc1S(=O)(=O)N1CCCC1. The van der Waals surface area contributed by atoms with Gasteiger partial charge in [0, 0.05) is 24.2 Å². The Hall–Kier alpha value is -1.60. The van der Waals surface area contributed by atoms with Gasteiger partial charge in [0.25, 0.3) is 0 Å². The Balaban J connectivity index is 2.38. The van der Waals surface area contributed by atoms with Crippen LogP contribution in [0.4, 0.5) is 5.69 Å². The Labute approximate surface area is 150 Å². The first-order valence-electron chi connectivity index (χ1n) is 8.81. The van der Waals surface area contributed by atoms with Crippen LogP contribution in [0.25, 0.3) is 0 Å². The molecule has 0 bridgehead atoms. The maximum Gasteiger partial charge on any atom is 0.246 e. The molecule has 1 amide bonds. The molecule has 6 nitrogen and oxygen atoms in total. The number of hydrogen-bond acceptors (Lipinski definition) is 4. The number of ether oxygens (including phenoxy) is 1. The van der Waals surface area contributed by atoms with E-state index in [1.807, 2.05) is 27.7 Å². The van der Waals surface area contributed by atoms with Crippen molar-refractivity contribution in [3.8, 4) is 5.75 Å². The summed E-state index contributed by atoms with van der Waals surface area (Å²) in [5.41, 5.74) is -0.0557. The maximum absolute atomic E-state index is 13.0. The predicted octanol–water partition coefficient (Wildman–Crippen LogP) is 3.24. The lowest BCUT2D eigenvalue weighted by molar-refractivity contribution is -0.124. The van der Waals surface area contributed by atoms with Crippen molar-refractivity contribution in [2.75, 3.05) is 25.0 Å². The lowest BCUT2D eigenvalue weighted by atomic mass is 9.89. The van der Waals surface area contributed by atoms with Crippen LogP contribution in [-0.4, -0.2) is 38.3 Å². The van der Waals surface area contributed by atoms with Gasteiger partial charge in [-0.1, -0.05) is 20.8 Å². The molecule has 1 aliphatic heterocycles. The number of rotatable bonds is 7. The molecular formula is C18H28N2O4S. The van der Waals surface area contributed by atoms with Crippen LogP contribution in [0.3, 0.4) is 0 Å². The lowest BCUT2D eigenvalue weighted by Crippen LogP contribution is -2.30. The van der Waals surface area contributed by atoms with Gasteiger partial charge in [-0.3, -0.25) is 4.79 Å². The number of carbonyl (C=O) groups excluding carboxylic acids is 1. The first-order valence-corrected chi connectivity index (χ1v) is 10.2. The summed E-state index contributed by atoms with van der Waals surface area (Å²) >= 11 is 0. The maximum atomic E-state index is 13.0. The second kappa shape index (κ2) is 7.74. The zero-order valence-corrected chi connectivity index (χ0v) is 16.3. The lowest BCUT2D eigenvalue weighted by Gasteiger charge is -2.23. The minimum atomic E-state index is -3.63. The van der Waals surface area contributed by atoms with Crippen molar-refractivity contribution in [3.63, 3.8) is 0 Å². The number of nitrogens with one attached hydrogen (secondary N) is 1. The third-order valence-corrected chi connectivity index (χ3v) is 6.60. The molecule has 0 spiro atoms. The smallest absolute Gasteiger partial charge is 0.246 e. The highest BCUT2D eigenvalue weighted by molar-refractivity contribution is 7.89. The second-order valence-corrected chi connectivity index (χ2v) is 8.80. The Kier molecular flexibility index (Phi) is 6.11. The number of benzene rings is 1. The summed E-state index contributed by atoms with van der Waals surface area (Å²) < 4.78 is 32.9. The van der Waals surface area contributed by atoms with E-state index in [0.717, 1.165) is 12.8 Å². The number of amides is 1. The molecule has 1 fully saturated rings. The van der Waals surface area contributed by atoms with Crippen LogP contribution in [0.2, 0.25) is 0 Å². The Morgan fingerprint density at radius 3 is 2.44 bits per heavy atom. The number of carbonyl (C=O) groups is 1. The normalized spacial score (nSPS) is 16.0. The molecule has 1 heterocycles. The fourth-order valence-electron chi connectivity index (χ4n) is 2.59. The molecule has 1 saturated heterocycles. The Morgan fingerprint density at radius 2 is 1.88 bits per heavy atom. The van der Waals surface area contributed by atoms with E-state index in [0.29, 0.717) is 37.6 Å². The fourth-order valence-corrected chi connectivity index (χ4v) is 4.26. The molecule has 1 aromatic carbocycles. The van der Waals surface area contributed by atoms with Gasteiger partial charge in [-0.2, -0.15) is 4.31 Å². The van der Waals surface area contributed by atoms with Gasteiger partial charge in [0.1, 0.15) is 10.6 Å². The number of hydrogen-bond donors (Lipinski definition) is 1. The molecular weight excluding hydrogens is 340 g/mol. The van der Waals surface area contributed by atoms with Gasteiger partial charge in [0.2, 0.25) is 15.9 Å². The van der Waals surface area contributed by atoms with Crippen LogP contribution in [0, 0.1) is 5.41 Å². The number of nitrogens with zero attached hydrogens (tertiary/aromatic N) is 1. The van der Waals surface area contributed by atoms with Gasteiger partial charge < -0.3 is 10.1 Å². The molecule has 1 aromatic rings. The fraction of sp³-hybridized carbons (Fsp3) is 0.611. The highest BCUT2D eigenvalue weighted by atomic mass is 32.2. The molecule has 0 radical (unpaired) electrons. The molecule has 0 aliphatic carbocycles. The van der Waals surface area contributed by atoms with Gasteiger partial charge in [0.15, 0.2) is 0 Å². The summed E-state index contributed by atoms with van der Waals surface area (Å²) in [6, 6.07) is 4.79. The van der Waals surface area contributed by atoms with Crippen molar-refractivity contribution in [1.82, 2.24) is 4.31 Å². The van der Waals surface area contributed by atoms with E-state index in [4.69, 9.17) is 4.74 Å². The predicted molar refractivity (Wildman–Crippen MR) is 98.3 cm³/mol. The van der Waals surface area contributed by atoms with Gasteiger partial charge in [-0.25, -0.2) is 8.42 Å². The zero-order chi connectivity index (χ0) is 18.7. The first kappa shape index (κ1) is 19.7. The molecule has 0 aromatic heterocycles.